The molecule has 4 aromatic carbocycles. The number of nitrogens with two attached hydrogens (primary N) is 2. The summed E-state index contributed by atoms with van der Waals surface area (Å²) in [5.74, 6) is 0.0554. The van der Waals surface area contributed by atoms with Crippen LogP contribution in [0.2, 0.25) is 0 Å². The van der Waals surface area contributed by atoms with Crippen molar-refractivity contribution in [1.82, 2.24) is 0 Å². The van der Waals surface area contributed by atoms with Gasteiger partial charge in [0, 0.05) is 5.56 Å². The number of carbonyl (C=O) groups excluding carboxylic acids is 1. The Balaban J connectivity index is 1.67. The molecule has 0 aliphatic carbocycles. The Morgan fingerprint density at radius 1 is 1.00 bits per heavy atom. The Morgan fingerprint density at radius 2 is 1.68 bits per heavy atom. The molecule has 0 fully saturated rings. The number of fused-ring (bicyclic) bond motifs is 2. The fourth-order valence-corrected chi connectivity index (χ4v) is 5.40. The highest BCUT2D eigenvalue weighted by Crippen LogP contribution is 2.40. The van der Waals surface area contributed by atoms with Crippen molar-refractivity contribution in [2.24, 2.45) is 16.0 Å². The number of hydrogen-bond acceptors (Lipinski definition) is 6. The molecule has 38 heavy (non-hydrogen) atoms. The minimum Gasteiger partial charge on any atom is -0.495 e. The van der Waals surface area contributed by atoms with E-state index in [0.29, 0.717) is 17.0 Å². The van der Waals surface area contributed by atoms with Gasteiger partial charge in [-0.2, -0.15) is 5.10 Å². The van der Waals surface area contributed by atoms with Crippen LogP contribution in [0.1, 0.15) is 11.1 Å². The van der Waals surface area contributed by atoms with E-state index in [-0.39, 0.29) is 28.0 Å². The summed E-state index contributed by atoms with van der Waals surface area (Å²) in [4.78, 5) is 15.3. The van der Waals surface area contributed by atoms with Gasteiger partial charge in [-0.1, -0.05) is 66.7 Å². The largest absolute Gasteiger partial charge is 0.495 e. The molecule has 0 radical (unpaired) electrons. The van der Waals surface area contributed by atoms with Crippen molar-refractivity contribution in [3.05, 3.63) is 96.1 Å². The number of benzene rings is 4. The van der Waals surface area contributed by atoms with E-state index >= 15 is 0 Å². The number of amides is 1. The van der Waals surface area contributed by atoms with Crippen LogP contribution < -0.4 is 25.5 Å². The average molecular weight is 546 g/mol. The van der Waals surface area contributed by atoms with Crippen LogP contribution in [0.5, 0.6) is 5.75 Å². The summed E-state index contributed by atoms with van der Waals surface area (Å²) in [7, 11) is -2.62. The van der Waals surface area contributed by atoms with Gasteiger partial charge in [0.2, 0.25) is 10.0 Å². The molecule has 192 valence electrons. The fraction of sp³-hybridized carbons (Fsp3) is 0.0741. The molecule has 11 heteroatoms. The third kappa shape index (κ3) is 4.47. The number of hydrogen-bond donors (Lipinski definition) is 2. The van der Waals surface area contributed by atoms with Crippen molar-refractivity contribution in [2.45, 2.75) is 11.4 Å². The topological polar surface area (TPSA) is 131 Å². The van der Waals surface area contributed by atoms with E-state index < -0.39 is 15.9 Å². The maximum Gasteiger partial charge on any atom is 0.279 e. The van der Waals surface area contributed by atoms with Crippen molar-refractivity contribution in [3.8, 4) is 5.75 Å². The van der Waals surface area contributed by atoms with Crippen LogP contribution in [0.15, 0.2) is 94.9 Å². The Morgan fingerprint density at radius 3 is 2.42 bits per heavy atom. The van der Waals surface area contributed by atoms with E-state index in [0.717, 1.165) is 21.3 Å². The molecule has 0 aromatic heterocycles. The predicted molar refractivity (Wildman–Crippen MR) is 152 cm³/mol. The van der Waals surface area contributed by atoms with Crippen LogP contribution in [-0.2, 0) is 21.4 Å². The lowest BCUT2D eigenvalue weighted by atomic mass is 10.0. The number of methoxy groups -OCH3 is 1. The van der Waals surface area contributed by atoms with Crippen molar-refractivity contribution >= 4 is 61.1 Å². The first-order valence-corrected chi connectivity index (χ1v) is 13.4. The van der Waals surface area contributed by atoms with Crippen LogP contribution in [0.25, 0.3) is 10.8 Å². The lowest BCUT2D eigenvalue weighted by Crippen LogP contribution is -2.36. The summed E-state index contributed by atoms with van der Waals surface area (Å²) in [5.41, 5.74) is 7.97. The number of para-hydroxylation sites is 2. The summed E-state index contributed by atoms with van der Waals surface area (Å²) >= 11 is 5.20. The van der Waals surface area contributed by atoms with Gasteiger partial charge in [-0.15, -0.1) is 0 Å². The third-order valence-electron chi connectivity index (χ3n) is 6.21. The fourth-order valence-electron chi connectivity index (χ4n) is 4.54. The minimum absolute atomic E-state index is 0.0242. The van der Waals surface area contributed by atoms with Crippen LogP contribution in [0.4, 0.5) is 11.4 Å². The number of carbonyl (C=O) groups is 1. The summed E-state index contributed by atoms with van der Waals surface area (Å²) in [5, 5.41) is 12.7. The van der Waals surface area contributed by atoms with Gasteiger partial charge in [0.25, 0.3) is 5.91 Å². The van der Waals surface area contributed by atoms with E-state index in [9.17, 15) is 13.2 Å². The molecule has 4 aromatic rings. The van der Waals surface area contributed by atoms with Crippen LogP contribution in [0.3, 0.4) is 0 Å². The molecule has 0 spiro atoms. The molecule has 9 nitrogen and oxygen atoms in total. The molecule has 5 rings (SSSR count). The van der Waals surface area contributed by atoms with Gasteiger partial charge >= 0.3 is 0 Å². The number of anilines is 2. The Kier molecular flexibility index (Phi) is 6.57. The number of hydrazone groups is 1. The first kappa shape index (κ1) is 25.3. The molecule has 0 bridgehead atoms. The molecule has 0 saturated heterocycles. The van der Waals surface area contributed by atoms with Gasteiger partial charge in [0.15, 0.2) is 10.8 Å². The number of rotatable bonds is 6. The van der Waals surface area contributed by atoms with Crippen LogP contribution in [0, 0.1) is 0 Å². The summed E-state index contributed by atoms with van der Waals surface area (Å²) in [6, 6.07) is 24.9. The zero-order chi connectivity index (χ0) is 27.0. The molecule has 0 saturated carbocycles. The molecular formula is C27H23N5O4S2. The smallest absolute Gasteiger partial charge is 0.279 e. The lowest BCUT2D eigenvalue weighted by Gasteiger charge is -2.21. The van der Waals surface area contributed by atoms with E-state index in [1.807, 2.05) is 42.5 Å². The van der Waals surface area contributed by atoms with Gasteiger partial charge < -0.3 is 10.5 Å². The number of sulfonamides is 1. The average Bonchev–Trinajstić information content (AvgIpc) is 3.17. The Bertz CT molecular complexity index is 1730. The summed E-state index contributed by atoms with van der Waals surface area (Å²) in [6.07, 6.45) is 0. The molecule has 1 aliphatic heterocycles. The molecular weight excluding hydrogens is 522 g/mol. The van der Waals surface area contributed by atoms with Gasteiger partial charge in [0.1, 0.15) is 10.6 Å². The second-order valence-electron chi connectivity index (χ2n) is 8.50. The van der Waals surface area contributed by atoms with Crippen molar-refractivity contribution in [1.29, 1.82) is 0 Å². The SMILES string of the molecule is COc1cccc2c1N(Cc1cccc3ccccc13)C(=O)/C2=N\N(C(N)=S)c1ccccc1S(N)(=O)=O. The zero-order valence-corrected chi connectivity index (χ0v) is 21.9. The Labute approximate surface area is 225 Å². The Hall–Kier alpha value is -4.32. The quantitative estimate of drug-likeness (QED) is 0.280. The number of ether oxygens (including phenoxy) is 1. The van der Waals surface area contributed by atoms with Crippen molar-refractivity contribution in [2.75, 3.05) is 17.0 Å². The predicted octanol–water partition coefficient (Wildman–Crippen LogP) is 3.50. The highest BCUT2D eigenvalue weighted by atomic mass is 32.2. The van der Waals surface area contributed by atoms with Crippen LogP contribution in [-0.4, -0.2) is 32.3 Å². The molecule has 0 unspecified atom stereocenters. The van der Waals surface area contributed by atoms with Crippen LogP contribution >= 0.6 is 12.2 Å². The monoisotopic (exact) mass is 545 g/mol. The molecule has 1 aliphatic rings. The van der Waals surface area contributed by atoms with Crippen molar-refractivity contribution < 1.29 is 17.9 Å². The number of thiocarbonyl (C=S) groups is 1. The molecule has 4 N–H and O–H groups in total. The van der Waals surface area contributed by atoms with Gasteiger partial charge in [-0.3, -0.25) is 9.69 Å². The first-order chi connectivity index (χ1) is 18.2. The van der Waals surface area contributed by atoms with E-state index in [1.54, 1.807) is 29.2 Å². The standard InChI is InChI=1S/C27H23N5O4S2/c1-36-22-14-7-12-20-24(30-32(27(28)37)21-13-4-5-15-23(21)38(29,34)35)26(33)31(25(20)22)16-18-10-6-9-17-8-2-3-11-19(17)18/h2-15H,16H2,1H3,(H2,28,37)(H2,29,34,35)/b30-24-. The molecule has 1 heterocycles. The van der Waals surface area contributed by atoms with Gasteiger partial charge in [0.05, 0.1) is 25.0 Å². The highest BCUT2D eigenvalue weighted by Gasteiger charge is 2.38. The maximum atomic E-state index is 13.9. The summed E-state index contributed by atoms with van der Waals surface area (Å²) < 4.78 is 30.1. The maximum absolute atomic E-state index is 13.9. The highest BCUT2D eigenvalue weighted by molar-refractivity contribution is 7.89. The first-order valence-electron chi connectivity index (χ1n) is 11.5. The molecule has 0 atom stereocenters. The number of primary sulfonamides is 1. The zero-order valence-electron chi connectivity index (χ0n) is 20.2. The minimum atomic E-state index is -4.14. The third-order valence-corrected chi connectivity index (χ3v) is 7.34. The van der Waals surface area contributed by atoms with E-state index in [1.165, 1.54) is 25.3 Å². The van der Waals surface area contributed by atoms with E-state index in [2.05, 4.69) is 5.10 Å². The van der Waals surface area contributed by atoms with E-state index in [4.69, 9.17) is 27.8 Å². The second-order valence-corrected chi connectivity index (χ2v) is 10.4. The van der Waals surface area contributed by atoms with Gasteiger partial charge in [-0.05, 0) is 46.8 Å². The normalized spacial score (nSPS) is 14.1. The lowest BCUT2D eigenvalue weighted by molar-refractivity contribution is -0.112. The van der Waals surface area contributed by atoms with Gasteiger partial charge in [-0.25, -0.2) is 18.6 Å². The second kappa shape index (κ2) is 9.86. The van der Waals surface area contributed by atoms with Crippen molar-refractivity contribution in [3.63, 3.8) is 0 Å². The number of nitrogens with zero attached hydrogens (tertiary/aromatic N) is 3. The molecule has 1 amide bonds. The summed E-state index contributed by atoms with van der Waals surface area (Å²) in [6.45, 7) is 0.243.